The van der Waals surface area contributed by atoms with Gasteiger partial charge in [0.25, 0.3) is 21.8 Å². The molecule has 1 saturated heterocycles. The van der Waals surface area contributed by atoms with E-state index in [2.05, 4.69) is 15.2 Å². The Bertz CT molecular complexity index is 1210. The van der Waals surface area contributed by atoms with E-state index in [0.29, 0.717) is 43.1 Å². The topological polar surface area (TPSA) is 126 Å². The Kier molecular flexibility index (Phi) is 6.73. The molecule has 180 valence electrons. The van der Waals surface area contributed by atoms with Crippen LogP contribution in [-0.2, 0) is 19.6 Å². The molecular weight excluding hydrogens is 460 g/mol. The molecule has 1 unspecified atom stereocenters. The van der Waals surface area contributed by atoms with E-state index in [9.17, 15) is 18.0 Å². The largest absolute Gasteiger partial charge is 0.494 e. The normalized spacial score (nSPS) is 19.1. The molecule has 11 heteroatoms. The van der Waals surface area contributed by atoms with Gasteiger partial charge in [0.2, 0.25) is 0 Å². The van der Waals surface area contributed by atoms with Gasteiger partial charge in [0.1, 0.15) is 22.4 Å². The standard InChI is InChI=1S/C23H26N4O6S/c1-3-32-16-10-12-17(13-11-16)33-15(2)22(28)24-25-23(29)19-8-6-14-27(19)21-18-7-4-5-9-20(18)34(30,31)26-21/h4-5,7,9-13,15,19H,3,6,8,14H2,1-2H3,(H,24,28)(H,25,29)/t15?,19-/m0/s1. The lowest BCUT2D eigenvalue weighted by atomic mass is 10.1. The predicted octanol–water partition coefficient (Wildman–Crippen LogP) is 1.61. The van der Waals surface area contributed by atoms with Gasteiger partial charge < -0.3 is 14.4 Å². The number of likely N-dealkylation sites (tertiary alicyclic amines) is 1. The van der Waals surface area contributed by atoms with Crippen molar-refractivity contribution >= 4 is 27.7 Å². The molecule has 4 rings (SSSR count). The molecule has 0 radical (unpaired) electrons. The maximum absolute atomic E-state index is 12.8. The number of fused-ring (bicyclic) bond motifs is 1. The maximum Gasteiger partial charge on any atom is 0.285 e. The maximum atomic E-state index is 12.8. The number of nitrogens with zero attached hydrogens (tertiary/aromatic N) is 2. The summed E-state index contributed by atoms with van der Waals surface area (Å²) in [6, 6.07) is 12.7. The third-order valence-electron chi connectivity index (χ3n) is 5.57. The lowest BCUT2D eigenvalue weighted by Gasteiger charge is -2.26. The van der Waals surface area contributed by atoms with E-state index in [-0.39, 0.29) is 10.7 Å². The zero-order valence-electron chi connectivity index (χ0n) is 18.9. The molecule has 2 aromatic carbocycles. The number of nitrogens with one attached hydrogen (secondary N) is 2. The van der Waals surface area contributed by atoms with Crippen molar-refractivity contribution in [1.82, 2.24) is 15.8 Å². The summed E-state index contributed by atoms with van der Waals surface area (Å²) >= 11 is 0. The Balaban J connectivity index is 1.36. The van der Waals surface area contributed by atoms with Crippen LogP contribution in [0.1, 0.15) is 32.3 Å². The van der Waals surface area contributed by atoms with Crippen molar-refractivity contribution in [3.63, 3.8) is 0 Å². The fourth-order valence-electron chi connectivity index (χ4n) is 3.94. The summed E-state index contributed by atoms with van der Waals surface area (Å²) in [6.45, 7) is 4.48. The van der Waals surface area contributed by atoms with Gasteiger partial charge in [-0.3, -0.25) is 20.4 Å². The first-order valence-electron chi connectivity index (χ1n) is 11.0. The minimum absolute atomic E-state index is 0.129. The van der Waals surface area contributed by atoms with Crippen molar-refractivity contribution in [3.05, 3.63) is 54.1 Å². The number of amidine groups is 1. The number of carbonyl (C=O) groups is 2. The minimum Gasteiger partial charge on any atom is -0.494 e. The summed E-state index contributed by atoms with van der Waals surface area (Å²) in [5.41, 5.74) is 5.29. The van der Waals surface area contributed by atoms with Gasteiger partial charge in [0.05, 0.1) is 6.61 Å². The van der Waals surface area contributed by atoms with Crippen LogP contribution in [0.5, 0.6) is 11.5 Å². The average Bonchev–Trinajstić information content (AvgIpc) is 3.41. The number of hydrazine groups is 1. The van der Waals surface area contributed by atoms with Crippen LogP contribution in [0.4, 0.5) is 0 Å². The van der Waals surface area contributed by atoms with Crippen LogP contribution in [-0.4, -0.2) is 56.3 Å². The number of ether oxygens (including phenoxy) is 2. The fraction of sp³-hybridized carbons (Fsp3) is 0.348. The van der Waals surface area contributed by atoms with Crippen LogP contribution in [0.3, 0.4) is 0 Å². The number of benzene rings is 2. The first-order chi connectivity index (χ1) is 16.3. The van der Waals surface area contributed by atoms with Crippen molar-refractivity contribution < 1.29 is 27.5 Å². The minimum atomic E-state index is -3.79. The highest BCUT2D eigenvalue weighted by molar-refractivity contribution is 7.90. The molecule has 0 saturated carbocycles. The van der Waals surface area contributed by atoms with E-state index in [1.807, 2.05) is 6.92 Å². The molecule has 1 fully saturated rings. The summed E-state index contributed by atoms with van der Waals surface area (Å²) < 4.78 is 39.7. The third-order valence-corrected chi connectivity index (χ3v) is 6.89. The Morgan fingerprint density at radius 3 is 2.56 bits per heavy atom. The van der Waals surface area contributed by atoms with Gasteiger partial charge in [-0.2, -0.15) is 8.42 Å². The van der Waals surface area contributed by atoms with Gasteiger partial charge in [-0.05, 0) is 63.1 Å². The Hall–Kier alpha value is -3.60. The van der Waals surface area contributed by atoms with Gasteiger partial charge in [-0.1, -0.05) is 12.1 Å². The van der Waals surface area contributed by atoms with Crippen molar-refractivity contribution in [2.45, 2.75) is 43.7 Å². The summed E-state index contributed by atoms with van der Waals surface area (Å²) in [7, 11) is -3.79. The molecular formula is C23H26N4O6S. The second-order valence-corrected chi connectivity index (χ2v) is 9.45. The van der Waals surface area contributed by atoms with Gasteiger partial charge in [-0.15, -0.1) is 4.40 Å². The first kappa shape index (κ1) is 23.6. The lowest BCUT2D eigenvalue weighted by molar-refractivity contribution is -0.134. The first-order valence-corrected chi connectivity index (χ1v) is 12.4. The van der Waals surface area contributed by atoms with Crippen LogP contribution < -0.4 is 20.3 Å². The third kappa shape index (κ3) is 4.84. The predicted molar refractivity (Wildman–Crippen MR) is 124 cm³/mol. The number of hydrogen-bond donors (Lipinski definition) is 2. The van der Waals surface area contributed by atoms with E-state index < -0.39 is 34.0 Å². The van der Waals surface area contributed by atoms with Crippen molar-refractivity contribution in [2.24, 2.45) is 4.40 Å². The van der Waals surface area contributed by atoms with E-state index in [1.54, 1.807) is 54.3 Å². The smallest absolute Gasteiger partial charge is 0.285 e. The average molecular weight is 487 g/mol. The monoisotopic (exact) mass is 486 g/mol. The van der Waals surface area contributed by atoms with Gasteiger partial charge in [0.15, 0.2) is 11.9 Å². The fourth-order valence-corrected chi connectivity index (χ4v) is 5.15. The molecule has 2 aliphatic heterocycles. The van der Waals surface area contributed by atoms with Crippen LogP contribution in [0.25, 0.3) is 0 Å². The lowest BCUT2D eigenvalue weighted by Crippen LogP contribution is -2.53. The molecule has 2 amide bonds. The number of sulfonamides is 1. The van der Waals surface area contributed by atoms with Crippen LogP contribution in [0.15, 0.2) is 57.8 Å². The second kappa shape index (κ2) is 9.72. The van der Waals surface area contributed by atoms with E-state index in [1.165, 1.54) is 6.07 Å². The van der Waals surface area contributed by atoms with Crippen molar-refractivity contribution in [3.8, 4) is 11.5 Å². The van der Waals surface area contributed by atoms with Crippen molar-refractivity contribution in [1.29, 1.82) is 0 Å². The van der Waals surface area contributed by atoms with E-state index in [4.69, 9.17) is 9.47 Å². The second-order valence-electron chi connectivity index (χ2n) is 7.88. The molecule has 2 heterocycles. The molecule has 2 aromatic rings. The zero-order valence-corrected chi connectivity index (χ0v) is 19.7. The number of rotatable bonds is 6. The van der Waals surface area contributed by atoms with Crippen LogP contribution >= 0.6 is 0 Å². The SMILES string of the molecule is CCOc1ccc(OC(C)C(=O)NNC(=O)[C@@H]2CCCN2C2=NS(=O)(=O)c3ccccc32)cc1. The van der Waals surface area contributed by atoms with Crippen LogP contribution in [0, 0.1) is 0 Å². The molecule has 0 aliphatic carbocycles. The zero-order chi connectivity index (χ0) is 24.3. The number of amides is 2. The Labute approximate surface area is 198 Å². The number of carbonyl (C=O) groups excluding carboxylic acids is 2. The highest BCUT2D eigenvalue weighted by Crippen LogP contribution is 2.31. The summed E-state index contributed by atoms with van der Waals surface area (Å²) in [5.74, 6) is 0.453. The Morgan fingerprint density at radius 2 is 1.82 bits per heavy atom. The molecule has 10 nitrogen and oxygen atoms in total. The van der Waals surface area contributed by atoms with Crippen molar-refractivity contribution in [2.75, 3.05) is 13.2 Å². The van der Waals surface area contributed by atoms with E-state index >= 15 is 0 Å². The van der Waals surface area contributed by atoms with Gasteiger partial charge >= 0.3 is 0 Å². The molecule has 2 aliphatic rings. The molecule has 0 spiro atoms. The molecule has 0 bridgehead atoms. The van der Waals surface area contributed by atoms with Gasteiger partial charge in [0, 0.05) is 12.1 Å². The van der Waals surface area contributed by atoms with E-state index in [0.717, 1.165) is 0 Å². The quantitative estimate of drug-likeness (QED) is 0.594. The highest BCUT2D eigenvalue weighted by Gasteiger charge is 2.39. The molecule has 2 atom stereocenters. The number of hydrogen-bond acceptors (Lipinski definition) is 7. The summed E-state index contributed by atoms with van der Waals surface area (Å²) in [6.07, 6.45) is 0.320. The summed E-state index contributed by atoms with van der Waals surface area (Å²) in [4.78, 5) is 27.1. The van der Waals surface area contributed by atoms with Gasteiger partial charge in [-0.25, -0.2) is 0 Å². The van der Waals surface area contributed by atoms with Crippen LogP contribution in [0.2, 0.25) is 0 Å². The summed E-state index contributed by atoms with van der Waals surface area (Å²) in [5, 5.41) is 0. The molecule has 0 aromatic heterocycles. The molecule has 34 heavy (non-hydrogen) atoms. The molecule has 2 N–H and O–H groups in total. The Morgan fingerprint density at radius 1 is 1.12 bits per heavy atom. The highest BCUT2D eigenvalue weighted by atomic mass is 32.2.